The Morgan fingerprint density at radius 3 is 2.53 bits per heavy atom. The zero-order valence-corrected chi connectivity index (χ0v) is 18.8. The maximum atomic E-state index is 13.4. The van der Waals surface area contributed by atoms with Crippen LogP contribution in [0.3, 0.4) is 0 Å². The number of rotatable bonds is 5. The van der Waals surface area contributed by atoms with E-state index in [2.05, 4.69) is 5.32 Å². The number of ketones is 1. The van der Waals surface area contributed by atoms with E-state index in [0.29, 0.717) is 27.9 Å². The van der Waals surface area contributed by atoms with Gasteiger partial charge in [0.25, 0.3) is 5.91 Å². The number of aryl methyl sites for hydroxylation is 1. The van der Waals surface area contributed by atoms with Gasteiger partial charge in [-0.15, -0.1) is 11.3 Å². The van der Waals surface area contributed by atoms with Crippen LogP contribution in [0.5, 0.6) is 0 Å². The molecule has 0 spiro atoms. The molecule has 0 saturated heterocycles. The van der Waals surface area contributed by atoms with Crippen molar-refractivity contribution < 1.29 is 14.0 Å². The van der Waals surface area contributed by atoms with Gasteiger partial charge < -0.3 is 14.3 Å². The van der Waals surface area contributed by atoms with Crippen LogP contribution < -0.4 is 5.32 Å². The molecule has 32 heavy (non-hydrogen) atoms. The summed E-state index contributed by atoms with van der Waals surface area (Å²) < 4.78 is 9.01. The number of nitrogens with one attached hydrogen (secondary N) is 1. The van der Waals surface area contributed by atoms with Crippen molar-refractivity contribution in [2.45, 2.75) is 26.8 Å². The Morgan fingerprint density at radius 1 is 1.03 bits per heavy atom. The molecule has 0 atom stereocenters. The van der Waals surface area contributed by atoms with Crippen LogP contribution in [0.1, 0.15) is 52.1 Å². The average molecular weight is 443 g/mol. The summed E-state index contributed by atoms with van der Waals surface area (Å²) in [7, 11) is 0. The molecule has 0 radical (unpaired) electrons. The van der Waals surface area contributed by atoms with Gasteiger partial charge in [0.05, 0.1) is 15.9 Å². The number of furan rings is 1. The Kier molecular flexibility index (Phi) is 4.94. The third-order valence-corrected chi connectivity index (χ3v) is 6.42. The van der Waals surface area contributed by atoms with Gasteiger partial charge in [-0.05, 0) is 50.4 Å². The van der Waals surface area contributed by atoms with E-state index in [4.69, 9.17) is 4.42 Å². The number of carbonyl (C=O) groups is 2. The lowest BCUT2D eigenvalue weighted by molar-refractivity contribution is 0.101. The third kappa shape index (κ3) is 3.33. The van der Waals surface area contributed by atoms with E-state index >= 15 is 0 Å². The van der Waals surface area contributed by atoms with Crippen molar-refractivity contribution in [2.75, 3.05) is 5.32 Å². The first kappa shape index (κ1) is 20.3. The minimum atomic E-state index is -0.272. The highest BCUT2D eigenvalue weighted by molar-refractivity contribution is 7.17. The van der Waals surface area contributed by atoms with Gasteiger partial charge in [-0.3, -0.25) is 9.59 Å². The molecule has 0 fully saturated rings. The van der Waals surface area contributed by atoms with E-state index in [9.17, 15) is 9.59 Å². The van der Waals surface area contributed by atoms with E-state index < -0.39 is 0 Å². The van der Waals surface area contributed by atoms with Crippen LogP contribution in [-0.4, -0.2) is 16.3 Å². The first-order valence-corrected chi connectivity index (χ1v) is 11.3. The standard InChI is InChI=1S/C26H22N2O3S/c1-15(2)28-19-12-13-32-22(19)14-20(28)26(30)27-23-18-6-4-5-7-21(18)31-25(23)24(29)17-10-8-16(3)9-11-17/h4-15H,1-3H3,(H,27,30). The number of aromatic nitrogens is 1. The molecule has 6 heteroatoms. The highest BCUT2D eigenvalue weighted by Gasteiger charge is 2.25. The topological polar surface area (TPSA) is 64.2 Å². The molecular weight excluding hydrogens is 420 g/mol. The van der Waals surface area contributed by atoms with E-state index in [0.717, 1.165) is 15.8 Å². The Balaban J connectivity index is 1.60. The van der Waals surface area contributed by atoms with Gasteiger partial charge in [-0.25, -0.2) is 0 Å². The Morgan fingerprint density at radius 2 is 1.78 bits per heavy atom. The Hall–Kier alpha value is -3.64. The van der Waals surface area contributed by atoms with Gasteiger partial charge in [0.15, 0.2) is 5.76 Å². The third-order valence-electron chi connectivity index (χ3n) is 5.56. The number of hydrogen-bond acceptors (Lipinski definition) is 4. The molecule has 5 rings (SSSR count). The highest BCUT2D eigenvalue weighted by atomic mass is 32.1. The maximum Gasteiger partial charge on any atom is 0.272 e. The Bertz CT molecular complexity index is 1470. The largest absolute Gasteiger partial charge is 0.450 e. The number of anilines is 1. The average Bonchev–Trinajstić information content (AvgIpc) is 3.46. The summed E-state index contributed by atoms with van der Waals surface area (Å²) >= 11 is 1.60. The molecule has 1 N–H and O–H groups in total. The van der Waals surface area contributed by atoms with Gasteiger partial charge in [0, 0.05) is 17.0 Å². The van der Waals surface area contributed by atoms with Gasteiger partial charge in [0.1, 0.15) is 11.3 Å². The number of nitrogens with zero attached hydrogens (tertiary/aromatic N) is 1. The van der Waals surface area contributed by atoms with Crippen LogP contribution in [0, 0.1) is 6.92 Å². The number of thiophene rings is 1. The number of para-hydroxylation sites is 1. The van der Waals surface area contributed by atoms with E-state index in [1.54, 1.807) is 29.5 Å². The maximum absolute atomic E-state index is 13.4. The predicted octanol–water partition coefficient (Wildman–Crippen LogP) is 6.82. The van der Waals surface area contributed by atoms with Crippen LogP contribution in [-0.2, 0) is 0 Å². The lowest BCUT2D eigenvalue weighted by Crippen LogP contribution is -2.19. The predicted molar refractivity (Wildman–Crippen MR) is 129 cm³/mol. The quantitative estimate of drug-likeness (QED) is 0.304. The monoisotopic (exact) mass is 442 g/mol. The molecule has 2 aromatic carbocycles. The molecule has 1 amide bonds. The number of fused-ring (bicyclic) bond motifs is 2. The number of benzene rings is 2. The zero-order valence-electron chi connectivity index (χ0n) is 18.0. The number of amides is 1. The summed E-state index contributed by atoms with van der Waals surface area (Å²) in [6.45, 7) is 6.07. The molecule has 0 saturated carbocycles. The van der Waals surface area contributed by atoms with Gasteiger partial charge in [-0.1, -0.05) is 42.0 Å². The van der Waals surface area contributed by atoms with Crippen molar-refractivity contribution in [1.82, 2.24) is 4.57 Å². The smallest absolute Gasteiger partial charge is 0.272 e. The lowest BCUT2D eigenvalue weighted by Gasteiger charge is -2.14. The van der Waals surface area contributed by atoms with Crippen molar-refractivity contribution in [3.8, 4) is 0 Å². The van der Waals surface area contributed by atoms with Crippen LogP contribution in [0.4, 0.5) is 5.69 Å². The van der Waals surface area contributed by atoms with E-state index in [1.165, 1.54) is 0 Å². The molecule has 160 valence electrons. The fraction of sp³-hybridized carbons (Fsp3) is 0.154. The zero-order chi connectivity index (χ0) is 22.4. The van der Waals surface area contributed by atoms with Crippen molar-refractivity contribution in [3.05, 3.63) is 88.6 Å². The molecule has 0 unspecified atom stereocenters. The van der Waals surface area contributed by atoms with Crippen LogP contribution in [0.2, 0.25) is 0 Å². The normalized spacial score (nSPS) is 11.5. The SMILES string of the molecule is Cc1ccc(C(=O)c2oc3ccccc3c2NC(=O)c2cc3sccc3n2C(C)C)cc1. The summed E-state index contributed by atoms with van der Waals surface area (Å²) in [5.74, 6) is -0.406. The summed E-state index contributed by atoms with van der Waals surface area (Å²) in [5.41, 5.74) is 4.11. The van der Waals surface area contributed by atoms with Crippen molar-refractivity contribution in [2.24, 2.45) is 0 Å². The number of carbonyl (C=O) groups excluding carboxylic acids is 2. The van der Waals surface area contributed by atoms with Crippen molar-refractivity contribution in [1.29, 1.82) is 0 Å². The first-order valence-electron chi connectivity index (χ1n) is 10.5. The minimum Gasteiger partial charge on any atom is -0.450 e. The summed E-state index contributed by atoms with van der Waals surface area (Å²) in [5, 5.41) is 5.70. The molecule has 0 bridgehead atoms. The minimum absolute atomic E-state index is 0.109. The molecule has 3 aromatic heterocycles. The molecule has 0 aliphatic carbocycles. The second kappa shape index (κ2) is 7.80. The van der Waals surface area contributed by atoms with E-state index in [-0.39, 0.29) is 23.5 Å². The molecule has 0 aliphatic heterocycles. The second-order valence-corrected chi connectivity index (χ2v) is 9.06. The number of hydrogen-bond donors (Lipinski definition) is 1. The molecular formula is C26H22N2O3S. The van der Waals surface area contributed by atoms with Gasteiger partial charge in [-0.2, -0.15) is 0 Å². The first-order chi connectivity index (χ1) is 15.4. The van der Waals surface area contributed by atoms with Crippen LogP contribution in [0.25, 0.3) is 21.2 Å². The summed E-state index contributed by atoms with van der Waals surface area (Å²) in [6, 6.07) is 18.7. The highest BCUT2D eigenvalue weighted by Crippen LogP contribution is 2.34. The molecule has 5 nitrogen and oxygen atoms in total. The lowest BCUT2D eigenvalue weighted by atomic mass is 10.1. The van der Waals surface area contributed by atoms with Crippen LogP contribution in [0.15, 0.2) is 70.5 Å². The van der Waals surface area contributed by atoms with Crippen LogP contribution >= 0.6 is 11.3 Å². The second-order valence-electron chi connectivity index (χ2n) is 8.12. The van der Waals surface area contributed by atoms with Gasteiger partial charge in [0.2, 0.25) is 5.78 Å². The fourth-order valence-corrected chi connectivity index (χ4v) is 4.83. The fourth-order valence-electron chi connectivity index (χ4n) is 4.02. The van der Waals surface area contributed by atoms with Gasteiger partial charge >= 0.3 is 0 Å². The van der Waals surface area contributed by atoms with E-state index in [1.807, 2.05) is 73.2 Å². The molecule has 0 aliphatic rings. The summed E-state index contributed by atoms with van der Waals surface area (Å²) in [4.78, 5) is 26.7. The van der Waals surface area contributed by atoms with Crippen molar-refractivity contribution >= 4 is 49.9 Å². The summed E-state index contributed by atoms with van der Waals surface area (Å²) in [6.07, 6.45) is 0. The molecule has 5 aromatic rings. The molecule has 3 heterocycles. The Labute approximate surface area is 189 Å². The van der Waals surface area contributed by atoms with Crippen molar-refractivity contribution in [3.63, 3.8) is 0 Å².